The Morgan fingerprint density at radius 3 is 2.40 bits per heavy atom. The van der Waals surface area contributed by atoms with E-state index in [1.165, 1.54) is 6.07 Å². The first-order valence-corrected chi connectivity index (χ1v) is 6.86. The Labute approximate surface area is 127 Å². The van der Waals surface area contributed by atoms with E-state index in [4.69, 9.17) is 33.7 Å². The van der Waals surface area contributed by atoms with E-state index in [9.17, 15) is 4.39 Å². The molecule has 2 rings (SSSR count). The third-order valence-electron chi connectivity index (χ3n) is 2.84. The van der Waals surface area contributed by atoms with Gasteiger partial charge < -0.3 is 10.5 Å². The van der Waals surface area contributed by atoms with Gasteiger partial charge in [-0.2, -0.15) is 0 Å². The fourth-order valence-corrected chi connectivity index (χ4v) is 2.14. The average Bonchev–Trinajstić information content (AvgIpc) is 2.41. The van der Waals surface area contributed by atoms with E-state index in [1.807, 2.05) is 0 Å². The number of hydrogen-bond donors (Lipinski definition) is 1. The van der Waals surface area contributed by atoms with Crippen molar-refractivity contribution in [3.8, 4) is 5.75 Å². The molecular weight excluding hydrogens is 300 g/mol. The first kappa shape index (κ1) is 15.1. The van der Waals surface area contributed by atoms with Crippen molar-refractivity contribution in [2.75, 3.05) is 0 Å². The summed E-state index contributed by atoms with van der Waals surface area (Å²) in [6.07, 6.45) is -0.603. The van der Waals surface area contributed by atoms with Crippen LogP contribution in [0.4, 0.5) is 4.39 Å². The molecule has 106 valence electrons. The maximum Gasteiger partial charge on any atom is 0.141 e. The maximum atomic E-state index is 13.9. The van der Waals surface area contributed by atoms with Crippen LogP contribution in [-0.2, 0) is 0 Å². The Morgan fingerprint density at radius 1 is 1.10 bits per heavy atom. The molecular formula is C15H14Cl2FNO. The third kappa shape index (κ3) is 3.42. The molecule has 0 saturated heterocycles. The molecule has 2 nitrogen and oxygen atoms in total. The SMILES string of the molecule is CC(N)C(Oc1ccc(Cl)c(Cl)c1)c1ccccc1F. The van der Waals surface area contributed by atoms with Crippen LogP contribution in [0.25, 0.3) is 0 Å². The molecule has 0 amide bonds. The highest BCUT2D eigenvalue weighted by molar-refractivity contribution is 6.42. The minimum Gasteiger partial charge on any atom is -0.484 e. The van der Waals surface area contributed by atoms with Crippen molar-refractivity contribution in [2.45, 2.75) is 19.1 Å². The summed E-state index contributed by atoms with van der Waals surface area (Å²) in [6, 6.07) is 10.9. The smallest absolute Gasteiger partial charge is 0.141 e. The molecule has 0 heterocycles. The third-order valence-corrected chi connectivity index (χ3v) is 3.58. The van der Waals surface area contributed by atoms with Gasteiger partial charge in [-0.15, -0.1) is 0 Å². The minimum absolute atomic E-state index is 0.352. The van der Waals surface area contributed by atoms with Gasteiger partial charge in [-0.05, 0) is 25.1 Å². The molecule has 0 spiro atoms. The van der Waals surface area contributed by atoms with Crippen molar-refractivity contribution >= 4 is 23.2 Å². The Hall–Kier alpha value is -1.29. The Bertz CT molecular complexity index is 604. The van der Waals surface area contributed by atoms with Crippen LogP contribution in [0.3, 0.4) is 0 Å². The Morgan fingerprint density at radius 2 is 1.80 bits per heavy atom. The molecule has 2 aromatic rings. The van der Waals surface area contributed by atoms with E-state index in [2.05, 4.69) is 0 Å². The predicted molar refractivity (Wildman–Crippen MR) is 79.9 cm³/mol. The average molecular weight is 314 g/mol. The van der Waals surface area contributed by atoms with Gasteiger partial charge in [0.2, 0.25) is 0 Å². The molecule has 2 aromatic carbocycles. The van der Waals surface area contributed by atoms with Gasteiger partial charge in [0.1, 0.15) is 17.7 Å². The Balaban J connectivity index is 2.31. The van der Waals surface area contributed by atoms with Gasteiger partial charge in [0, 0.05) is 17.7 Å². The lowest BCUT2D eigenvalue weighted by Gasteiger charge is -2.23. The largest absolute Gasteiger partial charge is 0.484 e. The molecule has 0 aliphatic rings. The zero-order valence-electron chi connectivity index (χ0n) is 10.8. The quantitative estimate of drug-likeness (QED) is 0.895. The van der Waals surface area contributed by atoms with Crippen molar-refractivity contribution in [1.29, 1.82) is 0 Å². The van der Waals surface area contributed by atoms with E-state index in [0.717, 1.165) is 0 Å². The fourth-order valence-electron chi connectivity index (χ4n) is 1.86. The van der Waals surface area contributed by atoms with Crippen molar-refractivity contribution < 1.29 is 9.13 Å². The molecule has 2 unspecified atom stereocenters. The normalized spacial score (nSPS) is 13.8. The molecule has 0 bridgehead atoms. The molecule has 2 atom stereocenters. The molecule has 0 aromatic heterocycles. The lowest BCUT2D eigenvalue weighted by atomic mass is 10.0. The van der Waals surface area contributed by atoms with Crippen LogP contribution in [0.15, 0.2) is 42.5 Å². The van der Waals surface area contributed by atoms with Crippen LogP contribution >= 0.6 is 23.2 Å². The summed E-state index contributed by atoms with van der Waals surface area (Å²) < 4.78 is 19.6. The maximum absolute atomic E-state index is 13.9. The summed E-state index contributed by atoms with van der Waals surface area (Å²) in [5, 5.41) is 0.809. The number of nitrogens with two attached hydrogens (primary N) is 1. The number of ether oxygens (including phenoxy) is 1. The summed E-state index contributed by atoms with van der Waals surface area (Å²) in [7, 11) is 0. The van der Waals surface area contributed by atoms with E-state index >= 15 is 0 Å². The highest BCUT2D eigenvalue weighted by Crippen LogP contribution is 2.31. The second-order valence-corrected chi connectivity index (χ2v) is 5.31. The summed E-state index contributed by atoms with van der Waals surface area (Å²) in [6.45, 7) is 1.76. The van der Waals surface area contributed by atoms with Gasteiger partial charge in [-0.1, -0.05) is 41.4 Å². The van der Waals surface area contributed by atoms with Crippen LogP contribution in [-0.4, -0.2) is 6.04 Å². The van der Waals surface area contributed by atoms with E-state index < -0.39 is 6.10 Å². The van der Waals surface area contributed by atoms with Gasteiger partial charge >= 0.3 is 0 Å². The summed E-state index contributed by atoms with van der Waals surface area (Å²) >= 11 is 11.8. The summed E-state index contributed by atoms with van der Waals surface area (Å²) in [4.78, 5) is 0. The number of hydrogen-bond acceptors (Lipinski definition) is 2. The number of benzene rings is 2. The topological polar surface area (TPSA) is 35.2 Å². The van der Waals surface area contributed by atoms with Crippen LogP contribution in [0.1, 0.15) is 18.6 Å². The van der Waals surface area contributed by atoms with Crippen molar-refractivity contribution in [3.63, 3.8) is 0 Å². The predicted octanol–water partition coefficient (Wildman–Crippen LogP) is 4.60. The molecule has 20 heavy (non-hydrogen) atoms. The first-order chi connectivity index (χ1) is 9.49. The van der Waals surface area contributed by atoms with E-state index in [-0.39, 0.29) is 11.9 Å². The minimum atomic E-state index is -0.603. The highest BCUT2D eigenvalue weighted by atomic mass is 35.5. The molecule has 0 aliphatic carbocycles. The molecule has 0 saturated carbocycles. The van der Waals surface area contributed by atoms with Crippen LogP contribution in [0.2, 0.25) is 10.0 Å². The van der Waals surface area contributed by atoms with Crippen LogP contribution in [0.5, 0.6) is 5.75 Å². The Kier molecular flexibility index (Phi) is 4.86. The van der Waals surface area contributed by atoms with Gasteiger partial charge in [0.05, 0.1) is 10.0 Å². The summed E-state index contributed by atoms with van der Waals surface area (Å²) in [5.41, 5.74) is 6.31. The summed E-state index contributed by atoms with van der Waals surface area (Å²) in [5.74, 6) is 0.139. The van der Waals surface area contributed by atoms with Crippen molar-refractivity contribution in [3.05, 3.63) is 63.9 Å². The first-order valence-electron chi connectivity index (χ1n) is 6.10. The van der Waals surface area contributed by atoms with Gasteiger partial charge in [-0.3, -0.25) is 0 Å². The van der Waals surface area contributed by atoms with E-state index in [1.54, 1.807) is 43.3 Å². The lowest BCUT2D eigenvalue weighted by Crippen LogP contribution is -2.29. The fraction of sp³-hybridized carbons (Fsp3) is 0.200. The van der Waals surface area contributed by atoms with Gasteiger partial charge in [0.25, 0.3) is 0 Å². The van der Waals surface area contributed by atoms with Crippen LogP contribution in [0, 0.1) is 5.82 Å². The molecule has 2 N–H and O–H groups in total. The number of rotatable bonds is 4. The second-order valence-electron chi connectivity index (χ2n) is 4.49. The standard InChI is InChI=1S/C15H14Cl2FNO/c1-9(19)15(11-4-2-3-5-14(11)18)20-10-6-7-12(16)13(17)8-10/h2-9,15H,19H2,1H3. The lowest BCUT2D eigenvalue weighted by molar-refractivity contribution is 0.176. The van der Waals surface area contributed by atoms with E-state index in [0.29, 0.717) is 21.4 Å². The monoisotopic (exact) mass is 313 g/mol. The molecule has 0 fully saturated rings. The zero-order chi connectivity index (χ0) is 14.7. The van der Waals surface area contributed by atoms with Crippen LogP contribution < -0.4 is 10.5 Å². The van der Waals surface area contributed by atoms with Gasteiger partial charge in [0.15, 0.2) is 0 Å². The van der Waals surface area contributed by atoms with Crippen molar-refractivity contribution in [2.24, 2.45) is 5.73 Å². The molecule has 0 aliphatic heterocycles. The van der Waals surface area contributed by atoms with Crippen molar-refractivity contribution in [1.82, 2.24) is 0 Å². The zero-order valence-corrected chi connectivity index (χ0v) is 12.3. The highest BCUT2D eigenvalue weighted by Gasteiger charge is 2.21. The second kappa shape index (κ2) is 6.44. The van der Waals surface area contributed by atoms with Gasteiger partial charge in [-0.25, -0.2) is 4.39 Å². The molecule has 0 radical (unpaired) electrons. The number of halogens is 3. The molecule has 5 heteroatoms.